The number of aliphatic hydroxyl groups excluding tert-OH is 1. The SMILES string of the molecule is COc1c(C)cc(S(=O)(=O)NCC(O)c2cn(C)c3ccccc23)cc1C. The lowest BCUT2D eigenvalue weighted by Gasteiger charge is -2.14. The minimum absolute atomic E-state index is 0.111. The Morgan fingerprint density at radius 3 is 2.44 bits per heavy atom. The van der Waals surface area contributed by atoms with Gasteiger partial charge in [0, 0.05) is 36.3 Å². The molecule has 1 aromatic heterocycles. The van der Waals surface area contributed by atoms with Crippen LogP contribution < -0.4 is 9.46 Å². The average Bonchev–Trinajstić information content (AvgIpc) is 2.97. The van der Waals surface area contributed by atoms with Crippen molar-refractivity contribution in [3.63, 3.8) is 0 Å². The zero-order valence-electron chi connectivity index (χ0n) is 15.9. The van der Waals surface area contributed by atoms with Crippen molar-refractivity contribution in [1.82, 2.24) is 9.29 Å². The highest BCUT2D eigenvalue weighted by Gasteiger charge is 2.21. The summed E-state index contributed by atoms with van der Waals surface area (Å²) in [5.74, 6) is 0.671. The predicted octanol–water partition coefficient (Wildman–Crippen LogP) is 2.82. The molecule has 27 heavy (non-hydrogen) atoms. The van der Waals surface area contributed by atoms with Gasteiger partial charge in [-0.25, -0.2) is 13.1 Å². The Bertz CT molecular complexity index is 1060. The molecule has 6 nitrogen and oxygen atoms in total. The number of rotatable bonds is 6. The molecule has 0 aliphatic rings. The quantitative estimate of drug-likeness (QED) is 0.680. The van der Waals surface area contributed by atoms with Gasteiger partial charge in [0.2, 0.25) is 10.0 Å². The third-order valence-electron chi connectivity index (χ3n) is 4.70. The second kappa shape index (κ2) is 7.34. The lowest BCUT2D eigenvalue weighted by molar-refractivity contribution is 0.183. The lowest BCUT2D eigenvalue weighted by atomic mass is 10.1. The topological polar surface area (TPSA) is 80.6 Å². The molecule has 2 N–H and O–H groups in total. The van der Waals surface area contributed by atoms with Gasteiger partial charge < -0.3 is 14.4 Å². The fourth-order valence-corrected chi connectivity index (χ4v) is 4.62. The summed E-state index contributed by atoms with van der Waals surface area (Å²) in [5, 5.41) is 11.5. The van der Waals surface area contributed by atoms with E-state index < -0.39 is 16.1 Å². The lowest BCUT2D eigenvalue weighted by Crippen LogP contribution is -2.28. The number of nitrogens with zero attached hydrogens (tertiary/aromatic N) is 1. The zero-order valence-corrected chi connectivity index (χ0v) is 16.7. The maximum absolute atomic E-state index is 12.7. The molecular weight excluding hydrogens is 364 g/mol. The molecule has 1 unspecified atom stereocenters. The molecule has 1 atom stereocenters. The van der Waals surface area contributed by atoms with Crippen molar-refractivity contribution in [2.75, 3.05) is 13.7 Å². The van der Waals surface area contributed by atoms with E-state index in [1.807, 2.05) is 42.1 Å². The number of benzene rings is 2. The van der Waals surface area contributed by atoms with E-state index in [4.69, 9.17) is 4.74 Å². The summed E-state index contributed by atoms with van der Waals surface area (Å²) in [6, 6.07) is 10.8. The van der Waals surface area contributed by atoms with E-state index in [0.29, 0.717) is 11.3 Å². The second-order valence-corrected chi connectivity index (χ2v) is 8.44. The minimum Gasteiger partial charge on any atom is -0.496 e. The van der Waals surface area contributed by atoms with Gasteiger partial charge in [0.25, 0.3) is 0 Å². The highest BCUT2D eigenvalue weighted by Crippen LogP contribution is 2.28. The molecule has 0 fully saturated rings. The number of aromatic nitrogens is 1. The number of ether oxygens (including phenoxy) is 1. The normalized spacial score (nSPS) is 13.1. The van der Waals surface area contributed by atoms with E-state index in [9.17, 15) is 13.5 Å². The molecule has 0 bridgehead atoms. The molecular formula is C20H24N2O4S. The van der Waals surface area contributed by atoms with Crippen LogP contribution in [0.5, 0.6) is 5.75 Å². The molecule has 3 aromatic rings. The van der Waals surface area contributed by atoms with Crippen molar-refractivity contribution in [3.8, 4) is 5.75 Å². The summed E-state index contributed by atoms with van der Waals surface area (Å²) in [5.41, 5.74) is 3.16. The van der Waals surface area contributed by atoms with Gasteiger partial charge in [-0.15, -0.1) is 0 Å². The number of methoxy groups -OCH3 is 1. The maximum atomic E-state index is 12.7. The van der Waals surface area contributed by atoms with Gasteiger partial charge in [-0.2, -0.15) is 0 Å². The van der Waals surface area contributed by atoms with Crippen molar-refractivity contribution in [2.24, 2.45) is 7.05 Å². The second-order valence-electron chi connectivity index (χ2n) is 6.67. The van der Waals surface area contributed by atoms with Gasteiger partial charge in [-0.3, -0.25) is 0 Å². The number of hydrogen-bond acceptors (Lipinski definition) is 4. The monoisotopic (exact) mass is 388 g/mol. The standard InChI is InChI=1S/C20H24N2O4S/c1-13-9-15(10-14(2)20(13)26-4)27(24,25)21-11-19(23)17-12-22(3)18-8-6-5-7-16(17)18/h5-10,12,19,21,23H,11H2,1-4H3. The van der Waals surface area contributed by atoms with Gasteiger partial charge in [0.05, 0.1) is 18.1 Å². The highest BCUT2D eigenvalue weighted by atomic mass is 32.2. The number of para-hydroxylation sites is 1. The van der Waals surface area contributed by atoms with Gasteiger partial charge in [-0.1, -0.05) is 18.2 Å². The van der Waals surface area contributed by atoms with Crippen molar-refractivity contribution < 1.29 is 18.3 Å². The van der Waals surface area contributed by atoms with E-state index in [2.05, 4.69) is 4.72 Å². The predicted molar refractivity (Wildman–Crippen MR) is 106 cm³/mol. The Labute approximate surface area is 159 Å². The van der Waals surface area contributed by atoms with Crippen molar-refractivity contribution in [2.45, 2.75) is 24.8 Å². The first-order valence-electron chi connectivity index (χ1n) is 8.61. The molecule has 144 valence electrons. The fraction of sp³-hybridized carbons (Fsp3) is 0.300. The first-order chi connectivity index (χ1) is 12.7. The Balaban J connectivity index is 1.83. The van der Waals surface area contributed by atoms with E-state index in [0.717, 1.165) is 22.0 Å². The van der Waals surface area contributed by atoms with Crippen LogP contribution in [0.4, 0.5) is 0 Å². The van der Waals surface area contributed by atoms with Gasteiger partial charge >= 0.3 is 0 Å². The van der Waals surface area contributed by atoms with Crippen molar-refractivity contribution >= 4 is 20.9 Å². The Hall–Kier alpha value is -2.35. The summed E-state index contributed by atoms with van der Waals surface area (Å²) in [4.78, 5) is 0.156. The van der Waals surface area contributed by atoms with Crippen molar-refractivity contribution in [1.29, 1.82) is 0 Å². The van der Waals surface area contributed by atoms with Crippen LogP contribution in [-0.4, -0.2) is 31.7 Å². The molecule has 3 rings (SSSR count). The summed E-state index contributed by atoms with van der Waals surface area (Å²) in [6.45, 7) is 3.49. The average molecular weight is 388 g/mol. The number of aryl methyl sites for hydroxylation is 3. The molecule has 0 saturated carbocycles. The molecule has 0 aliphatic carbocycles. The van der Waals surface area contributed by atoms with Crippen LogP contribution in [0.3, 0.4) is 0 Å². The third-order valence-corrected chi connectivity index (χ3v) is 6.10. The number of aliphatic hydroxyl groups is 1. The van der Waals surface area contributed by atoms with Crippen molar-refractivity contribution in [3.05, 3.63) is 59.3 Å². The molecule has 0 aliphatic heterocycles. The molecule has 2 aromatic carbocycles. The Morgan fingerprint density at radius 1 is 1.19 bits per heavy atom. The fourth-order valence-electron chi connectivity index (χ4n) is 3.41. The van der Waals surface area contributed by atoms with Gasteiger partial charge in [-0.05, 0) is 43.2 Å². The zero-order chi connectivity index (χ0) is 19.8. The van der Waals surface area contributed by atoms with Gasteiger partial charge in [0.15, 0.2) is 0 Å². The van der Waals surface area contributed by atoms with Crippen LogP contribution in [0.15, 0.2) is 47.5 Å². The van der Waals surface area contributed by atoms with Crippen LogP contribution in [0.25, 0.3) is 10.9 Å². The first-order valence-corrected chi connectivity index (χ1v) is 10.1. The molecule has 0 radical (unpaired) electrons. The van der Waals surface area contributed by atoms with E-state index in [-0.39, 0.29) is 11.4 Å². The van der Waals surface area contributed by atoms with Crippen LogP contribution in [0.1, 0.15) is 22.8 Å². The number of fused-ring (bicyclic) bond motifs is 1. The smallest absolute Gasteiger partial charge is 0.240 e. The third kappa shape index (κ3) is 3.71. The number of sulfonamides is 1. The summed E-state index contributed by atoms with van der Waals surface area (Å²) in [6.07, 6.45) is 0.872. The van der Waals surface area contributed by atoms with Crippen LogP contribution >= 0.6 is 0 Å². The van der Waals surface area contributed by atoms with Gasteiger partial charge in [0.1, 0.15) is 5.75 Å². The molecule has 0 amide bonds. The largest absolute Gasteiger partial charge is 0.496 e. The minimum atomic E-state index is -3.75. The number of nitrogens with one attached hydrogen (secondary N) is 1. The molecule has 7 heteroatoms. The number of hydrogen-bond donors (Lipinski definition) is 2. The Morgan fingerprint density at radius 2 is 1.81 bits per heavy atom. The molecule has 0 saturated heterocycles. The molecule has 0 spiro atoms. The van der Waals surface area contributed by atoms with Crippen LogP contribution in [-0.2, 0) is 17.1 Å². The summed E-state index contributed by atoms with van der Waals surface area (Å²) < 4.78 is 35.1. The summed E-state index contributed by atoms with van der Waals surface area (Å²) >= 11 is 0. The van der Waals surface area contributed by atoms with Crippen LogP contribution in [0.2, 0.25) is 0 Å². The van der Waals surface area contributed by atoms with E-state index in [1.165, 1.54) is 0 Å². The van der Waals surface area contributed by atoms with Crippen LogP contribution in [0, 0.1) is 13.8 Å². The van der Waals surface area contributed by atoms with E-state index >= 15 is 0 Å². The summed E-state index contributed by atoms with van der Waals surface area (Å²) in [7, 11) is -0.300. The Kier molecular flexibility index (Phi) is 5.28. The highest BCUT2D eigenvalue weighted by molar-refractivity contribution is 7.89. The maximum Gasteiger partial charge on any atom is 0.240 e. The molecule has 1 heterocycles. The first kappa shape index (κ1) is 19.4. The van der Waals surface area contributed by atoms with E-state index in [1.54, 1.807) is 33.1 Å².